The van der Waals surface area contributed by atoms with Gasteiger partial charge in [0.25, 0.3) is 0 Å². The summed E-state index contributed by atoms with van der Waals surface area (Å²) in [7, 11) is 0. The molecule has 0 saturated heterocycles. The number of hydrogen-bond donors (Lipinski definition) is 3. The highest BCUT2D eigenvalue weighted by Gasteiger charge is 2.42. The average Bonchev–Trinajstić information content (AvgIpc) is 2.15. The van der Waals surface area contributed by atoms with E-state index in [4.69, 9.17) is 15.9 Å². The number of rotatable bonds is 2. The van der Waals surface area contributed by atoms with Crippen molar-refractivity contribution < 1.29 is 23.4 Å². The summed E-state index contributed by atoms with van der Waals surface area (Å²) in [4.78, 5) is 0. The summed E-state index contributed by atoms with van der Waals surface area (Å²) in [6.45, 7) is 0. The normalized spacial score (nSPS) is 15.1. The van der Waals surface area contributed by atoms with E-state index in [-0.39, 0.29) is 23.7 Å². The van der Waals surface area contributed by atoms with Crippen LogP contribution in [-0.4, -0.2) is 22.5 Å². The van der Waals surface area contributed by atoms with Gasteiger partial charge in [-0.25, -0.2) is 0 Å². The topological polar surface area (TPSA) is 66.5 Å². The quantitative estimate of drug-likeness (QED) is 0.756. The summed E-state index contributed by atoms with van der Waals surface area (Å²) in [6, 6.07) is 3.33. The lowest BCUT2D eigenvalue weighted by molar-refractivity contribution is -0.210. The van der Waals surface area contributed by atoms with Gasteiger partial charge in [0.1, 0.15) is 5.75 Å². The Morgan fingerprint density at radius 3 is 1.94 bits per heavy atom. The third-order valence-electron chi connectivity index (χ3n) is 1.95. The lowest BCUT2D eigenvalue weighted by Gasteiger charge is -2.21. The molecule has 3 nitrogen and oxygen atoms in total. The third-order valence-corrected chi connectivity index (χ3v) is 1.95. The molecule has 0 amide bonds. The molecule has 0 unspecified atom stereocenters. The van der Waals surface area contributed by atoms with Crippen LogP contribution in [0, 0.1) is 0 Å². The molecule has 1 aromatic rings. The molecule has 0 saturated carbocycles. The smallest absolute Gasteiger partial charge is 0.416 e. The van der Waals surface area contributed by atoms with Gasteiger partial charge in [-0.1, -0.05) is 12.1 Å². The first-order valence-corrected chi connectivity index (χ1v) is 4.11. The summed E-state index contributed by atoms with van der Waals surface area (Å²) < 4.78 is 36.3. The van der Waals surface area contributed by atoms with E-state index in [0.29, 0.717) is 0 Å². The first-order chi connectivity index (χ1) is 6.82. The highest BCUT2D eigenvalue weighted by molar-refractivity contribution is 5.85. The Hall–Kier alpha value is -0.980. The van der Waals surface area contributed by atoms with E-state index >= 15 is 0 Å². The average molecular weight is 258 g/mol. The Morgan fingerprint density at radius 1 is 1.12 bits per heavy atom. The van der Waals surface area contributed by atoms with E-state index in [1.54, 1.807) is 0 Å². The molecule has 1 aromatic carbocycles. The van der Waals surface area contributed by atoms with Gasteiger partial charge >= 0.3 is 6.18 Å². The minimum atomic E-state index is -4.75. The maximum Gasteiger partial charge on any atom is 0.416 e. The summed E-state index contributed by atoms with van der Waals surface area (Å²) in [6.07, 6.45) is -7.36. The summed E-state index contributed by atoms with van der Waals surface area (Å²) in [5, 5.41) is 17.8. The molecular formula is C9H11ClF3NO2. The Morgan fingerprint density at radius 2 is 1.56 bits per heavy atom. The van der Waals surface area contributed by atoms with Crippen LogP contribution in [-0.2, 0) is 0 Å². The fourth-order valence-corrected chi connectivity index (χ4v) is 1.08. The van der Waals surface area contributed by atoms with E-state index in [0.717, 1.165) is 0 Å². The van der Waals surface area contributed by atoms with Crippen LogP contribution in [0.25, 0.3) is 0 Å². The van der Waals surface area contributed by atoms with Crippen molar-refractivity contribution in [3.8, 4) is 5.75 Å². The molecule has 92 valence electrons. The van der Waals surface area contributed by atoms with Crippen molar-refractivity contribution in [3.05, 3.63) is 29.8 Å². The highest BCUT2D eigenvalue weighted by atomic mass is 35.5. The van der Waals surface area contributed by atoms with Crippen LogP contribution in [0.4, 0.5) is 13.2 Å². The van der Waals surface area contributed by atoms with Crippen LogP contribution < -0.4 is 5.73 Å². The van der Waals surface area contributed by atoms with Crippen LogP contribution >= 0.6 is 12.4 Å². The van der Waals surface area contributed by atoms with Gasteiger partial charge in [0.05, 0.1) is 6.04 Å². The molecule has 0 fully saturated rings. The van der Waals surface area contributed by atoms with Gasteiger partial charge in [0, 0.05) is 0 Å². The minimum Gasteiger partial charge on any atom is -0.508 e. The predicted octanol–water partition coefficient (Wildman–Crippen LogP) is 1.74. The molecule has 0 aliphatic heterocycles. The monoisotopic (exact) mass is 257 g/mol. The molecule has 0 bridgehead atoms. The van der Waals surface area contributed by atoms with Crippen LogP contribution in [0.1, 0.15) is 11.6 Å². The number of nitrogens with two attached hydrogens (primary N) is 1. The number of phenolic OH excluding ortho intramolecular Hbond substituents is 1. The first-order valence-electron chi connectivity index (χ1n) is 4.11. The van der Waals surface area contributed by atoms with Crippen molar-refractivity contribution in [2.45, 2.75) is 18.3 Å². The molecular weight excluding hydrogens is 247 g/mol. The predicted molar refractivity (Wildman–Crippen MR) is 54.3 cm³/mol. The number of aliphatic hydroxyl groups excluding tert-OH is 1. The van der Waals surface area contributed by atoms with Crippen LogP contribution in [0.5, 0.6) is 5.75 Å². The van der Waals surface area contributed by atoms with Crippen LogP contribution in [0.3, 0.4) is 0 Å². The van der Waals surface area contributed by atoms with Crippen molar-refractivity contribution in [2.24, 2.45) is 5.73 Å². The molecule has 0 aromatic heterocycles. The standard InChI is InChI=1S/C9H10F3NO2.ClH/c10-9(11,12)8(15)7(13)5-1-3-6(14)4-2-5;/h1-4,7-8,14-15H,13H2;1H/t7-,8-;/m0./s1. The molecule has 0 radical (unpaired) electrons. The van der Waals surface area contributed by atoms with Crippen molar-refractivity contribution in [1.82, 2.24) is 0 Å². The van der Waals surface area contributed by atoms with E-state index < -0.39 is 18.3 Å². The third kappa shape index (κ3) is 3.55. The van der Waals surface area contributed by atoms with Crippen molar-refractivity contribution in [2.75, 3.05) is 0 Å². The molecule has 0 aliphatic carbocycles. The van der Waals surface area contributed by atoms with Gasteiger partial charge < -0.3 is 15.9 Å². The summed E-state index contributed by atoms with van der Waals surface area (Å²) in [5.41, 5.74) is 5.33. The zero-order chi connectivity index (χ0) is 11.6. The molecule has 2 atom stereocenters. The Balaban J connectivity index is 0.00000225. The number of phenols is 1. The highest BCUT2D eigenvalue weighted by Crippen LogP contribution is 2.29. The van der Waals surface area contributed by atoms with Crippen LogP contribution in [0.2, 0.25) is 0 Å². The Labute approximate surface area is 96.1 Å². The van der Waals surface area contributed by atoms with Gasteiger partial charge in [0.2, 0.25) is 0 Å². The first kappa shape index (κ1) is 15.0. The second-order valence-electron chi connectivity index (χ2n) is 3.10. The summed E-state index contributed by atoms with van der Waals surface area (Å²) in [5.74, 6) is -0.0764. The Bertz CT molecular complexity index is 329. The van der Waals surface area contributed by atoms with Crippen molar-refractivity contribution in [1.29, 1.82) is 0 Å². The van der Waals surface area contributed by atoms with Gasteiger partial charge in [0.15, 0.2) is 6.10 Å². The molecule has 16 heavy (non-hydrogen) atoms. The van der Waals surface area contributed by atoms with E-state index in [2.05, 4.69) is 0 Å². The Kier molecular flexibility index (Phi) is 5.05. The molecule has 4 N–H and O–H groups in total. The second kappa shape index (κ2) is 5.38. The molecule has 1 rings (SSSR count). The zero-order valence-electron chi connectivity index (χ0n) is 7.98. The van der Waals surface area contributed by atoms with Gasteiger partial charge in [-0.15, -0.1) is 12.4 Å². The second-order valence-corrected chi connectivity index (χ2v) is 3.10. The number of hydrogen-bond acceptors (Lipinski definition) is 3. The van der Waals surface area contributed by atoms with Crippen molar-refractivity contribution in [3.63, 3.8) is 0 Å². The van der Waals surface area contributed by atoms with E-state index in [9.17, 15) is 13.2 Å². The number of alkyl halides is 3. The van der Waals surface area contributed by atoms with Crippen molar-refractivity contribution >= 4 is 12.4 Å². The maximum atomic E-state index is 12.1. The number of benzene rings is 1. The van der Waals surface area contributed by atoms with Gasteiger partial charge in [-0.2, -0.15) is 13.2 Å². The summed E-state index contributed by atoms with van der Waals surface area (Å²) >= 11 is 0. The minimum absolute atomic E-state index is 0. The molecule has 7 heteroatoms. The fraction of sp³-hybridized carbons (Fsp3) is 0.333. The van der Waals surface area contributed by atoms with Gasteiger partial charge in [-0.3, -0.25) is 0 Å². The fourth-order valence-electron chi connectivity index (χ4n) is 1.08. The molecule has 0 spiro atoms. The van der Waals surface area contributed by atoms with Crippen LogP contribution in [0.15, 0.2) is 24.3 Å². The lowest BCUT2D eigenvalue weighted by Crippen LogP contribution is -2.38. The number of aromatic hydroxyl groups is 1. The maximum absolute atomic E-state index is 12.1. The van der Waals surface area contributed by atoms with E-state index in [1.165, 1.54) is 24.3 Å². The van der Waals surface area contributed by atoms with E-state index in [1.807, 2.05) is 0 Å². The molecule has 0 aliphatic rings. The number of halogens is 4. The lowest BCUT2D eigenvalue weighted by atomic mass is 10.0. The largest absolute Gasteiger partial charge is 0.508 e. The number of aliphatic hydroxyl groups is 1. The van der Waals surface area contributed by atoms with Gasteiger partial charge in [-0.05, 0) is 17.7 Å². The SMILES string of the molecule is Cl.N[C@@H](c1ccc(O)cc1)[C@H](O)C(F)(F)F. The zero-order valence-corrected chi connectivity index (χ0v) is 8.79. The molecule has 0 heterocycles.